The zero-order valence-corrected chi connectivity index (χ0v) is 18.9. The smallest absolute Gasteiger partial charge is 0.261 e. The van der Waals surface area contributed by atoms with Gasteiger partial charge in [-0.15, -0.1) is 10.2 Å². The van der Waals surface area contributed by atoms with Gasteiger partial charge in [0.25, 0.3) is 10.0 Å². The molecule has 3 aromatic rings. The van der Waals surface area contributed by atoms with Crippen molar-refractivity contribution in [2.24, 2.45) is 0 Å². The van der Waals surface area contributed by atoms with Crippen LogP contribution in [0.4, 0.5) is 10.1 Å². The summed E-state index contributed by atoms with van der Waals surface area (Å²) in [5, 5.41) is 11.1. The van der Waals surface area contributed by atoms with Gasteiger partial charge in [0.15, 0.2) is 5.82 Å². The molecule has 0 spiro atoms. The molecule has 7 nitrogen and oxygen atoms in total. The topological polar surface area (TPSA) is 88.9 Å². The van der Waals surface area contributed by atoms with E-state index in [4.69, 9.17) is 11.6 Å². The number of halogens is 2. The monoisotopic (exact) mass is 463 g/mol. The van der Waals surface area contributed by atoms with Gasteiger partial charge in [0.05, 0.1) is 21.6 Å². The van der Waals surface area contributed by atoms with E-state index in [-0.39, 0.29) is 27.1 Å². The highest BCUT2D eigenvalue weighted by atomic mass is 35.5. The normalized spacial score (nSPS) is 15.0. The molecule has 1 fully saturated rings. The van der Waals surface area contributed by atoms with Gasteiger partial charge in [-0.1, -0.05) is 44.5 Å². The Morgan fingerprint density at radius 3 is 2.45 bits per heavy atom. The largest absolute Gasteiger partial charge is 0.313 e. The van der Waals surface area contributed by atoms with Crippen molar-refractivity contribution >= 4 is 27.3 Å². The Morgan fingerprint density at radius 2 is 1.87 bits per heavy atom. The Labute approximate surface area is 185 Å². The molecule has 1 aliphatic heterocycles. The van der Waals surface area contributed by atoms with Gasteiger partial charge in [0.1, 0.15) is 12.1 Å². The molecule has 31 heavy (non-hydrogen) atoms. The van der Waals surface area contributed by atoms with Crippen molar-refractivity contribution in [2.75, 3.05) is 17.8 Å². The first-order valence-corrected chi connectivity index (χ1v) is 11.7. The third-order valence-electron chi connectivity index (χ3n) is 5.30. The molecular formula is C21H23ClFN5O2S. The van der Waals surface area contributed by atoms with Gasteiger partial charge in [-0.05, 0) is 29.2 Å². The van der Waals surface area contributed by atoms with Crippen LogP contribution in [0.5, 0.6) is 0 Å². The molecule has 0 aliphatic carbocycles. The summed E-state index contributed by atoms with van der Waals surface area (Å²) in [6, 6.07) is 9.19. The molecule has 0 atom stereocenters. The molecule has 1 aromatic heterocycles. The number of nitrogens with zero attached hydrogens (tertiary/aromatic N) is 3. The second-order valence-corrected chi connectivity index (χ2v) is 10.7. The van der Waals surface area contributed by atoms with Gasteiger partial charge in [-0.2, -0.15) is 0 Å². The lowest BCUT2D eigenvalue weighted by Gasteiger charge is -2.29. The minimum atomic E-state index is -3.97. The number of benzene rings is 2. The summed E-state index contributed by atoms with van der Waals surface area (Å²) in [5.41, 5.74) is 1.30. The Kier molecular flexibility index (Phi) is 5.53. The molecule has 2 heterocycles. The van der Waals surface area contributed by atoms with E-state index in [9.17, 15) is 12.8 Å². The van der Waals surface area contributed by atoms with E-state index in [0.29, 0.717) is 11.4 Å². The summed E-state index contributed by atoms with van der Waals surface area (Å²) in [5.74, 6) is -0.322. The standard InChI is InChI=1S/C21H23ClFN5O2S/c1-21(2,3)13-4-6-15(7-5-13)31(29,30)27-19-9-18(23)17(22)8-16(19)20-26-25-12-28(20)14-10-24-11-14/h4-9,12,14,24,27H,10-11H2,1-3H3. The minimum absolute atomic E-state index is 0.0448. The van der Waals surface area contributed by atoms with E-state index in [2.05, 4.69) is 20.2 Å². The van der Waals surface area contributed by atoms with Crippen LogP contribution in [0.2, 0.25) is 5.02 Å². The first-order chi connectivity index (χ1) is 14.6. The summed E-state index contributed by atoms with van der Waals surface area (Å²) < 4.78 is 44.7. The van der Waals surface area contributed by atoms with Crippen LogP contribution in [-0.4, -0.2) is 36.3 Å². The van der Waals surface area contributed by atoms with Crippen molar-refractivity contribution < 1.29 is 12.8 Å². The Bertz CT molecular complexity index is 1220. The molecule has 0 radical (unpaired) electrons. The van der Waals surface area contributed by atoms with E-state index >= 15 is 0 Å². The molecule has 2 N–H and O–H groups in total. The number of nitrogens with one attached hydrogen (secondary N) is 2. The summed E-state index contributed by atoms with van der Waals surface area (Å²) in [6.45, 7) is 7.62. The second kappa shape index (κ2) is 7.89. The molecule has 0 unspecified atom stereocenters. The van der Waals surface area contributed by atoms with Gasteiger partial charge in [-0.3, -0.25) is 4.72 Å². The number of sulfonamides is 1. The zero-order valence-electron chi connectivity index (χ0n) is 17.4. The number of aromatic nitrogens is 3. The molecule has 1 saturated heterocycles. The molecule has 164 valence electrons. The van der Waals surface area contributed by atoms with Crippen molar-refractivity contribution in [2.45, 2.75) is 37.1 Å². The van der Waals surface area contributed by atoms with Gasteiger partial charge < -0.3 is 9.88 Å². The fourth-order valence-electron chi connectivity index (χ4n) is 3.33. The Balaban J connectivity index is 1.73. The molecule has 0 saturated carbocycles. The molecule has 2 aromatic carbocycles. The summed E-state index contributed by atoms with van der Waals surface area (Å²) in [6.07, 6.45) is 1.57. The van der Waals surface area contributed by atoms with Crippen LogP contribution < -0.4 is 10.0 Å². The summed E-state index contributed by atoms with van der Waals surface area (Å²) in [4.78, 5) is 0.0754. The van der Waals surface area contributed by atoms with Gasteiger partial charge in [-0.25, -0.2) is 12.8 Å². The maximum Gasteiger partial charge on any atom is 0.261 e. The average Bonchev–Trinajstić information content (AvgIpc) is 3.11. The molecule has 0 amide bonds. The summed E-state index contributed by atoms with van der Waals surface area (Å²) >= 11 is 6.01. The van der Waals surface area contributed by atoms with Crippen LogP contribution in [0.25, 0.3) is 11.4 Å². The fraction of sp³-hybridized carbons (Fsp3) is 0.333. The maximum absolute atomic E-state index is 14.3. The quantitative estimate of drug-likeness (QED) is 0.597. The zero-order chi connectivity index (χ0) is 22.4. The molecular weight excluding hydrogens is 441 g/mol. The molecule has 10 heteroatoms. The molecule has 4 rings (SSSR count). The van der Waals surface area contributed by atoms with Crippen LogP contribution >= 0.6 is 11.6 Å². The average molecular weight is 464 g/mol. The molecule has 1 aliphatic rings. The van der Waals surface area contributed by atoms with Gasteiger partial charge >= 0.3 is 0 Å². The van der Waals surface area contributed by atoms with E-state index in [1.165, 1.54) is 18.2 Å². The molecule has 0 bridgehead atoms. The predicted molar refractivity (Wildman–Crippen MR) is 118 cm³/mol. The first-order valence-electron chi connectivity index (χ1n) is 9.79. The lowest BCUT2D eigenvalue weighted by Crippen LogP contribution is -2.43. The SMILES string of the molecule is CC(C)(C)c1ccc(S(=O)(=O)Nc2cc(F)c(Cl)cc2-c2nncn2C2CNC2)cc1. The minimum Gasteiger partial charge on any atom is -0.313 e. The van der Waals surface area contributed by atoms with E-state index < -0.39 is 15.8 Å². The highest BCUT2D eigenvalue weighted by molar-refractivity contribution is 7.92. The number of anilines is 1. The predicted octanol–water partition coefficient (Wildman–Crippen LogP) is 3.98. The van der Waals surface area contributed by atoms with Crippen molar-refractivity contribution in [1.82, 2.24) is 20.1 Å². The van der Waals surface area contributed by atoms with Crippen LogP contribution in [0.15, 0.2) is 47.6 Å². The van der Waals surface area contributed by atoms with Gasteiger partial charge in [0, 0.05) is 24.7 Å². The van der Waals surface area contributed by atoms with E-state index in [1.54, 1.807) is 18.5 Å². The number of hydrogen-bond donors (Lipinski definition) is 2. The van der Waals surface area contributed by atoms with Crippen molar-refractivity contribution in [1.29, 1.82) is 0 Å². The van der Waals surface area contributed by atoms with Crippen LogP contribution in [0.3, 0.4) is 0 Å². The fourth-order valence-corrected chi connectivity index (χ4v) is 4.56. The Hall–Kier alpha value is -2.49. The van der Waals surface area contributed by atoms with Crippen LogP contribution in [0, 0.1) is 5.82 Å². The van der Waals surface area contributed by atoms with Crippen LogP contribution in [0.1, 0.15) is 32.4 Å². The first kappa shape index (κ1) is 21.7. The summed E-state index contributed by atoms with van der Waals surface area (Å²) in [7, 11) is -3.97. The third kappa shape index (κ3) is 4.30. The van der Waals surface area contributed by atoms with Crippen molar-refractivity contribution in [3.8, 4) is 11.4 Å². The number of rotatable bonds is 5. The van der Waals surface area contributed by atoms with Crippen LogP contribution in [-0.2, 0) is 15.4 Å². The maximum atomic E-state index is 14.3. The highest BCUT2D eigenvalue weighted by Gasteiger charge is 2.26. The van der Waals surface area contributed by atoms with Crippen molar-refractivity contribution in [3.63, 3.8) is 0 Å². The third-order valence-corrected chi connectivity index (χ3v) is 6.97. The van der Waals surface area contributed by atoms with Gasteiger partial charge in [0.2, 0.25) is 0 Å². The second-order valence-electron chi connectivity index (χ2n) is 8.57. The number of hydrogen-bond acceptors (Lipinski definition) is 5. The van der Waals surface area contributed by atoms with E-state index in [1.807, 2.05) is 25.3 Å². The Morgan fingerprint density at radius 1 is 1.19 bits per heavy atom. The van der Waals surface area contributed by atoms with E-state index in [0.717, 1.165) is 24.7 Å². The lowest BCUT2D eigenvalue weighted by molar-refractivity contribution is 0.345. The highest BCUT2D eigenvalue weighted by Crippen LogP contribution is 2.35. The van der Waals surface area contributed by atoms with Crippen molar-refractivity contribution in [3.05, 3.63) is 59.1 Å². The lowest BCUT2D eigenvalue weighted by atomic mass is 9.87.